The second kappa shape index (κ2) is 3.61. The van der Waals surface area contributed by atoms with E-state index in [1.807, 2.05) is 0 Å². The molecule has 17 heavy (non-hydrogen) atoms. The number of hydrogen-bond acceptors (Lipinski definition) is 4. The second-order valence-corrected chi connectivity index (χ2v) is 7.41. The summed E-state index contributed by atoms with van der Waals surface area (Å²) in [6.45, 7) is 13.2. The summed E-state index contributed by atoms with van der Waals surface area (Å²) in [7, 11) is 0. The Bertz CT molecular complexity index is 421. The van der Waals surface area contributed by atoms with E-state index in [2.05, 4.69) is 51.8 Å². The van der Waals surface area contributed by atoms with E-state index in [1.54, 1.807) is 11.3 Å². The molecule has 0 saturated heterocycles. The van der Waals surface area contributed by atoms with Crippen LogP contribution >= 0.6 is 11.3 Å². The molecule has 0 aliphatic heterocycles. The summed E-state index contributed by atoms with van der Waals surface area (Å²) in [6.07, 6.45) is 0. The van der Waals surface area contributed by atoms with E-state index < -0.39 is 0 Å². The van der Waals surface area contributed by atoms with Crippen LogP contribution in [-0.4, -0.2) is 16.1 Å². The fourth-order valence-corrected chi connectivity index (χ4v) is 3.33. The fourth-order valence-electron chi connectivity index (χ4n) is 2.44. The molecule has 0 amide bonds. The molecule has 1 fully saturated rings. The van der Waals surface area contributed by atoms with Crippen LogP contribution in [0.1, 0.15) is 52.3 Å². The second-order valence-electron chi connectivity index (χ2n) is 6.38. The van der Waals surface area contributed by atoms with Crippen LogP contribution in [0.25, 0.3) is 0 Å². The van der Waals surface area contributed by atoms with Crippen LogP contribution in [0, 0.1) is 10.8 Å². The summed E-state index contributed by atoms with van der Waals surface area (Å²) >= 11 is 1.57. The minimum Gasteiger partial charge on any atom is -0.492 e. The highest BCUT2D eigenvalue weighted by molar-refractivity contribution is 7.16. The maximum absolute atomic E-state index is 9.75. The molecule has 2 N–H and O–H groups in total. The Morgan fingerprint density at radius 1 is 1.24 bits per heavy atom. The van der Waals surface area contributed by atoms with Gasteiger partial charge in [-0.3, -0.25) is 0 Å². The maximum Gasteiger partial charge on any atom is 0.227 e. The molecule has 0 bridgehead atoms. The number of hydrogen-bond donors (Lipinski definition) is 2. The van der Waals surface area contributed by atoms with Crippen molar-refractivity contribution >= 4 is 16.5 Å². The number of anilines is 1. The van der Waals surface area contributed by atoms with Crippen molar-refractivity contribution in [2.75, 3.05) is 5.32 Å². The average molecular weight is 254 g/mol. The predicted molar refractivity (Wildman–Crippen MR) is 72.8 cm³/mol. The molecule has 0 spiro atoms. The lowest BCUT2D eigenvalue weighted by molar-refractivity contribution is 0.449. The van der Waals surface area contributed by atoms with Crippen molar-refractivity contribution in [1.29, 1.82) is 0 Å². The maximum atomic E-state index is 9.75. The fraction of sp³-hybridized carbons (Fsp3) is 0.769. The van der Waals surface area contributed by atoms with Gasteiger partial charge in [0.25, 0.3) is 0 Å². The number of aromatic nitrogens is 1. The van der Waals surface area contributed by atoms with Crippen LogP contribution < -0.4 is 5.32 Å². The standard InChI is InChI=1S/C13H22N2OS/c1-7(2)8-9(16)14-11(17-8)15-10-12(3,4)13(10,5)6/h7,10,16H,1-6H3,(H,14,15). The van der Waals surface area contributed by atoms with Crippen molar-refractivity contribution in [2.24, 2.45) is 10.8 Å². The number of aromatic hydroxyl groups is 1. The van der Waals surface area contributed by atoms with Gasteiger partial charge in [-0.1, -0.05) is 52.9 Å². The van der Waals surface area contributed by atoms with Crippen LogP contribution in [0.3, 0.4) is 0 Å². The third-order valence-corrected chi connectivity index (χ3v) is 5.72. The molecular formula is C13H22N2OS. The Labute approximate surface area is 107 Å². The lowest BCUT2D eigenvalue weighted by Gasteiger charge is -2.03. The molecule has 2 rings (SSSR count). The average Bonchev–Trinajstić information content (AvgIpc) is 2.51. The van der Waals surface area contributed by atoms with E-state index in [1.165, 1.54) is 0 Å². The molecule has 1 aliphatic carbocycles. The highest BCUT2D eigenvalue weighted by Gasteiger charge is 2.65. The molecule has 4 heteroatoms. The predicted octanol–water partition coefficient (Wildman–Crippen LogP) is 3.82. The summed E-state index contributed by atoms with van der Waals surface area (Å²) in [5.41, 5.74) is 0.568. The topological polar surface area (TPSA) is 45.2 Å². The van der Waals surface area contributed by atoms with Gasteiger partial charge < -0.3 is 10.4 Å². The van der Waals surface area contributed by atoms with Crippen molar-refractivity contribution in [3.8, 4) is 5.88 Å². The number of nitrogens with zero attached hydrogens (tertiary/aromatic N) is 1. The quantitative estimate of drug-likeness (QED) is 0.862. The van der Waals surface area contributed by atoms with Crippen molar-refractivity contribution in [3.63, 3.8) is 0 Å². The van der Waals surface area contributed by atoms with E-state index in [4.69, 9.17) is 0 Å². The van der Waals surface area contributed by atoms with E-state index in [0.29, 0.717) is 12.0 Å². The summed E-state index contributed by atoms with van der Waals surface area (Å²) in [5, 5.41) is 14.1. The summed E-state index contributed by atoms with van der Waals surface area (Å²) < 4.78 is 0. The largest absolute Gasteiger partial charge is 0.492 e. The Kier molecular flexibility index (Phi) is 2.69. The van der Waals surface area contributed by atoms with Crippen LogP contribution in [0.5, 0.6) is 5.88 Å². The Hall–Kier alpha value is -0.770. The highest BCUT2D eigenvalue weighted by atomic mass is 32.1. The van der Waals surface area contributed by atoms with E-state index >= 15 is 0 Å². The number of nitrogens with one attached hydrogen (secondary N) is 1. The van der Waals surface area contributed by atoms with Crippen molar-refractivity contribution in [2.45, 2.75) is 53.5 Å². The zero-order valence-electron chi connectivity index (χ0n) is 11.5. The molecule has 1 saturated carbocycles. The highest BCUT2D eigenvalue weighted by Crippen LogP contribution is 2.64. The molecule has 1 heterocycles. The zero-order chi connectivity index (χ0) is 13.0. The molecule has 0 unspecified atom stereocenters. The third kappa shape index (κ3) is 1.82. The summed E-state index contributed by atoms with van der Waals surface area (Å²) in [5.74, 6) is 0.507. The first-order chi connectivity index (χ1) is 7.68. The lowest BCUT2D eigenvalue weighted by Crippen LogP contribution is -2.09. The van der Waals surface area contributed by atoms with Gasteiger partial charge in [0, 0.05) is 6.04 Å². The van der Waals surface area contributed by atoms with Crippen molar-refractivity contribution in [1.82, 2.24) is 4.98 Å². The number of rotatable bonds is 3. The SMILES string of the molecule is CC(C)c1sc(NC2C(C)(C)C2(C)C)nc1O. The molecule has 96 valence electrons. The van der Waals surface area contributed by atoms with Gasteiger partial charge in [0.2, 0.25) is 5.88 Å². The smallest absolute Gasteiger partial charge is 0.227 e. The van der Waals surface area contributed by atoms with E-state index in [0.717, 1.165) is 10.0 Å². The van der Waals surface area contributed by atoms with Crippen LogP contribution in [-0.2, 0) is 0 Å². The van der Waals surface area contributed by atoms with Crippen LogP contribution in [0.2, 0.25) is 0 Å². The van der Waals surface area contributed by atoms with Gasteiger partial charge in [-0.05, 0) is 16.7 Å². The normalized spacial score (nSPS) is 21.8. The first-order valence-corrected chi connectivity index (χ1v) is 6.95. The minimum absolute atomic E-state index is 0.184. The minimum atomic E-state index is 0.184. The molecule has 1 aromatic heterocycles. The van der Waals surface area contributed by atoms with Crippen molar-refractivity contribution < 1.29 is 5.11 Å². The molecule has 0 atom stereocenters. The zero-order valence-corrected chi connectivity index (χ0v) is 12.3. The first-order valence-electron chi connectivity index (χ1n) is 6.14. The molecule has 1 aromatic rings. The summed E-state index contributed by atoms with van der Waals surface area (Å²) in [4.78, 5) is 5.17. The van der Waals surface area contributed by atoms with Gasteiger partial charge >= 0.3 is 0 Å². The van der Waals surface area contributed by atoms with Gasteiger partial charge in [0.15, 0.2) is 5.13 Å². The molecular weight excluding hydrogens is 232 g/mol. The van der Waals surface area contributed by atoms with Gasteiger partial charge in [-0.25, -0.2) is 0 Å². The molecule has 1 aliphatic rings. The Balaban J connectivity index is 2.14. The lowest BCUT2D eigenvalue weighted by atomic mass is 10.0. The molecule has 0 aromatic carbocycles. The third-order valence-electron chi connectivity index (χ3n) is 4.45. The van der Waals surface area contributed by atoms with Crippen LogP contribution in [0.15, 0.2) is 0 Å². The van der Waals surface area contributed by atoms with Crippen molar-refractivity contribution in [3.05, 3.63) is 4.88 Å². The van der Waals surface area contributed by atoms with E-state index in [-0.39, 0.29) is 16.7 Å². The Morgan fingerprint density at radius 3 is 2.12 bits per heavy atom. The monoisotopic (exact) mass is 254 g/mol. The van der Waals surface area contributed by atoms with E-state index in [9.17, 15) is 5.11 Å². The van der Waals surface area contributed by atoms with Gasteiger partial charge in [-0.15, -0.1) is 0 Å². The van der Waals surface area contributed by atoms with Gasteiger partial charge in [-0.2, -0.15) is 4.98 Å². The first kappa shape index (κ1) is 12.7. The molecule has 3 nitrogen and oxygen atoms in total. The van der Waals surface area contributed by atoms with Crippen LogP contribution in [0.4, 0.5) is 5.13 Å². The van der Waals surface area contributed by atoms with Gasteiger partial charge in [0.05, 0.1) is 4.88 Å². The number of thiazole rings is 1. The Morgan fingerprint density at radius 2 is 1.76 bits per heavy atom. The summed E-state index contributed by atoms with van der Waals surface area (Å²) in [6, 6.07) is 0.431. The van der Waals surface area contributed by atoms with Gasteiger partial charge in [0.1, 0.15) is 0 Å². The molecule has 0 radical (unpaired) electrons.